The molecule has 29 heavy (non-hydrogen) atoms. The summed E-state index contributed by atoms with van der Waals surface area (Å²) in [7, 11) is 1.49. The average Bonchev–Trinajstić information content (AvgIpc) is 3.11. The fraction of sp³-hybridized carbons (Fsp3) is 0.474. The molecule has 0 aliphatic carbocycles. The van der Waals surface area contributed by atoms with Crippen molar-refractivity contribution in [3.05, 3.63) is 30.1 Å². The summed E-state index contributed by atoms with van der Waals surface area (Å²) in [6.07, 6.45) is 6.30. The minimum absolute atomic E-state index is 0.0978. The first-order valence-electron chi connectivity index (χ1n) is 9.52. The summed E-state index contributed by atoms with van der Waals surface area (Å²) in [5.74, 6) is 0.162. The smallest absolute Gasteiger partial charge is 0.223 e. The van der Waals surface area contributed by atoms with Gasteiger partial charge < -0.3 is 20.5 Å². The zero-order valence-electron chi connectivity index (χ0n) is 16.6. The molecule has 4 heterocycles. The van der Waals surface area contributed by atoms with Crippen molar-refractivity contribution in [1.82, 2.24) is 29.9 Å². The van der Waals surface area contributed by atoms with Gasteiger partial charge in [0.25, 0.3) is 0 Å². The Labute approximate surface area is 167 Å². The number of hydrogen-bond acceptors (Lipinski definition) is 8. The molecule has 0 spiro atoms. The molecule has 1 saturated heterocycles. The summed E-state index contributed by atoms with van der Waals surface area (Å²) in [5, 5.41) is 21.3. The molecule has 1 fully saturated rings. The van der Waals surface area contributed by atoms with Gasteiger partial charge in [-0.2, -0.15) is 5.10 Å². The topological polar surface area (TPSA) is 109 Å². The Morgan fingerprint density at radius 1 is 1.34 bits per heavy atom. The van der Waals surface area contributed by atoms with E-state index in [0.717, 1.165) is 32.1 Å². The lowest BCUT2D eigenvalue weighted by molar-refractivity contribution is 0.0707. The van der Waals surface area contributed by atoms with E-state index in [9.17, 15) is 9.50 Å². The molecular weight excluding hydrogens is 377 g/mol. The predicted octanol–water partition coefficient (Wildman–Crippen LogP) is 1.73. The van der Waals surface area contributed by atoms with Crippen LogP contribution < -0.4 is 15.4 Å². The molecule has 3 aromatic heterocycles. The minimum Gasteiger partial charge on any atom is -0.493 e. The number of hydrogen-bond donors (Lipinski definition) is 3. The number of rotatable bonds is 5. The van der Waals surface area contributed by atoms with E-state index in [-0.39, 0.29) is 11.7 Å². The fourth-order valence-electron chi connectivity index (χ4n) is 3.43. The van der Waals surface area contributed by atoms with Gasteiger partial charge in [-0.3, -0.25) is 0 Å². The number of methoxy groups -OCH3 is 1. The van der Waals surface area contributed by atoms with Gasteiger partial charge in [-0.25, -0.2) is 23.9 Å². The SMILES string of the molecule is COc1cn2ncc(-c3nc(NC4CCCNC4)ncc3F)c2nc1C(C)(C)O. The molecular formula is C19H24FN7O2. The van der Waals surface area contributed by atoms with Gasteiger partial charge in [-0.15, -0.1) is 0 Å². The average molecular weight is 401 g/mol. The van der Waals surface area contributed by atoms with E-state index < -0.39 is 11.4 Å². The van der Waals surface area contributed by atoms with Crippen LogP contribution in [0.1, 0.15) is 32.4 Å². The maximum absolute atomic E-state index is 14.6. The zero-order chi connectivity index (χ0) is 20.6. The molecule has 0 aromatic carbocycles. The first kappa shape index (κ1) is 19.5. The number of anilines is 1. The Hall–Kier alpha value is -2.85. The molecule has 1 unspecified atom stereocenters. The van der Waals surface area contributed by atoms with Gasteiger partial charge in [-0.05, 0) is 33.2 Å². The van der Waals surface area contributed by atoms with Crippen molar-refractivity contribution in [2.24, 2.45) is 0 Å². The van der Waals surface area contributed by atoms with E-state index in [2.05, 4.69) is 30.7 Å². The Bertz CT molecular complexity index is 1030. The Balaban J connectivity index is 1.76. The van der Waals surface area contributed by atoms with Crippen molar-refractivity contribution in [2.45, 2.75) is 38.3 Å². The monoisotopic (exact) mass is 401 g/mol. The van der Waals surface area contributed by atoms with Gasteiger partial charge in [0.1, 0.15) is 17.0 Å². The van der Waals surface area contributed by atoms with Crippen molar-refractivity contribution in [1.29, 1.82) is 0 Å². The maximum Gasteiger partial charge on any atom is 0.223 e. The highest BCUT2D eigenvalue weighted by molar-refractivity contribution is 5.75. The third kappa shape index (κ3) is 3.85. The molecule has 3 aromatic rings. The van der Waals surface area contributed by atoms with E-state index in [1.54, 1.807) is 20.0 Å². The summed E-state index contributed by atoms with van der Waals surface area (Å²) in [6.45, 7) is 5.02. The molecule has 10 heteroatoms. The van der Waals surface area contributed by atoms with Crippen LogP contribution in [0.4, 0.5) is 10.3 Å². The summed E-state index contributed by atoms with van der Waals surface area (Å²) in [5.41, 5.74) is -0.0517. The second-order valence-corrected chi connectivity index (χ2v) is 7.62. The lowest BCUT2D eigenvalue weighted by atomic mass is 10.0. The van der Waals surface area contributed by atoms with Crippen molar-refractivity contribution >= 4 is 11.6 Å². The second kappa shape index (κ2) is 7.53. The third-order valence-electron chi connectivity index (χ3n) is 4.89. The number of aliphatic hydroxyl groups is 1. The van der Waals surface area contributed by atoms with Crippen molar-refractivity contribution in [3.63, 3.8) is 0 Å². The molecule has 1 aliphatic rings. The van der Waals surface area contributed by atoms with Crippen LogP contribution in [0.15, 0.2) is 18.6 Å². The highest BCUT2D eigenvalue weighted by Gasteiger charge is 2.26. The number of ether oxygens (including phenoxy) is 1. The van der Waals surface area contributed by atoms with E-state index in [4.69, 9.17) is 4.74 Å². The van der Waals surface area contributed by atoms with Crippen LogP contribution >= 0.6 is 0 Å². The lowest BCUT2D eigenvalue weighted by Gasteiger charge is -2.23. The molecule has 0 saturated carbocycles. The van der Waals surface area contributed by atoms with Crippen LogP contribution in [0.3, 0.4) is 0 Å². The first-order valence-corrected chi connectivity index (χ1v) is 9.52. The van der Waals surface area contributed by atoms with E-state index in [1.807, 2.05) is 0 Å². The molecule has 1 atom stereocenters. The number of aromatic nitrogens is 5. The number of piperidine rings is 1. The Morgan fingerprint density at radius 3 is 2.86 bits per heavy atom. The largest absolute Gasteiger partial charge is 0.493 e. The van der Waals surface area contributed by atoms with Gasteiger partial charge >= 0.3 is 0 Å². The number of halogens is 1. The lowest BCUT2D eigenvalue weighted by Crippen LogP contribution is -2.38. The van der Waals surface area contributed by atoms with Crippen LogP contribution in [0.25, 0.3) is 16.9 Å². The van der Waals surface area contributed by atoms with E-state index in [1.165, 1.54) is 17.8 Å². The van der Waals surface area contributed by atoms with Crippen molar-refractivity contribution in [2.75, 3.05) is 25.5 Å². The van der Waals surface area contributed by atoms with Gasteiger partial charge in [0.05, 0.1) is 31.3 Å². The van der Waals surface area contributed by atoms with Crippen LogP contribution in [-0.4, -0.2) is 55.9 Å². The van der Waals surface area contributed by atoms with Crippen LogP contribution in [0, 0.1) is 5.82 Å². The standard InChI is InChI=1S/C19H24FN7O2/c1-19(2,28)16-14(29-3)10-27-17(26-16)12(8-23-27)15-13(20)9-22-18(25-15)24-11-5-4-6-21-7-11/h8-11,21,28H,4-7H2,1-3H3,(H,22,24,25). The second-order valence-electron chi connectivity index (χ2n) is 7.62. The van der Waals surface area contributed by atoms with Gasteiger partial charge in [-0.1, -0.05) is 0 Å². The third-order valence-corrected chi connectivity index (χ3v) is 4.89. The van der Waals surface area contributed by atoms with Crippen molar-refractivity contribution < 1.29 is 14.2 Å². The molecule has 1 aliphatic heterocycles. The molecule has 0 radical (unpaired) electrons. The molecule has 3 N–H and O–H groups in total. The summed E-state index contributed by atoms with van der Waals surface area (Å²) >= 11 is 0. The van der Waals surface area contributed by atoms with Crippen LogP contribution in [0.2, 0.25) is 0 Å². The molecule has 154 valence electrons. The Morgan fingerprint density at radius 2 is 2.17 bits per heavy atom. The van der Waals surface area contributed by atoms with Crippen molar-refractivity contribution in [3.8, 4) is 17.0 Å². The first-order chi connectivity index (χ1) is 13.9. The van der Waals surface area contributed by atoms with Gasteiger partial charge in [0.15, 0.2) is 17.2 Å². The summed E-state index contributed by atoms with van der Waals surface area (Å²) in [6, 6.07) is 0.190. The number of nitrogens with zero attached hydrogens (tertiary/aromatic N) is 5. The van der Waals surface area contributed by atoms with Gasteiger partial charge in [0, 0.05) is 12.6 Å². The van der Waals surface area contributed by atoms with E-state index in [0.29, 0.717) is 28.6 Å². The minimum atomic E-state index is -1.25. The van der Waals surface area contributed by atoms with E-state index >= 15 is 0 Å². The summed E-state index contributed by atoms with van der Waals surface area (Å²) < 4.78 is 21.4. The van der Waals surface area contributed by atoms with Crippen LogP contribution in [-0.2, 0) is 5.60 Å². The number of fused-ring (bicyclic) bond motifs is 1. The Kier molecular flexibility index (Phi) is 5.05. The number of nitrogens with one attached hydrogen (secondary N) is 2. The van der Waals surface area contributed by atoms with Crippen LogP contribution in [0.5, 0.6) is 5.75 Å². The highest BCUT2D eigenvalue weighted by Crippen LogP contribution is 2.31. The quantitative estimate of drug-likeness (QED) is 0.593. The highest BCUT2D eigenvalue weighted by atomic mass is 19.1. The molecule has 0 amide bonds. The fourth-order valence-corrected chi connectivity index (χ4v) is 3.43. The summed E-state index contributed by atoms with van der Waals surface area (Å²) in [4.78, 5) is 13.0. The zero-order valence-corrected chi connectivity index (χ0v) is 16.6. The maximum atomic E-state index is 14.6. The predicted molar refractivity (Wildman–Crippen MR) is 105 cm³/mol. The van der Waals surface area contributed by atoms with Gasteiger partial charge in [0.2, 0.25) is 5.95 Å². The normalized spacial score (nSPS) is 17.5. The molecule has 0 bridgehead atoms. The molecule has 9 nitrogen and oxygen atoms in total. The molecule has 4 rings (SSSR count).